The van der Waals surface area contributed by atoms with Gasteiger partial charge in [-0.25, -0.2) is 0 Å². The standard InChI is InChI=1S/C39H44N2O6/c1-6-28-18-23-34(36(25-28)47-24-12-8-9-15-37(42)46-7-2)41(4)39(44)30-21-22-33(35(26-30)45-5)40-38(43)32-14-11-10-13-31(32)29-19-16-27(3)17-20-29/h10-11,13-14,16-23,25-26H,6-9,12,15,24H2,1-5H3,(H,40,43). The lowest BCUT2D eigenvalue weighted by atomic mass is 9.98. The topological polar surface area (TPSA) is 94.2 Å². The van der Waals surface area contributed by atoms with Crippen molar-refractivity contribution < 1.29 is 28.6 Å². The molecule has 0 aliphatic rings. The number of amides is 2. The second-order valence-corrected chi connectivity index (χ2v) is 11.3. The van der Waals surface area contributed by atoms with Crippen LogP contribution in [0.15, 0.2) is 84.9 Å². The quantitative estimate of drug-likeness (QED) is 0.104. The first-order chi connectivity index (χ1) is 22.7. The molecule has 0 bridgehead atoms. The highest BCUT2D eigenvalue weighted by molar-refractivity contribution is 6.10. The highest BCUT2D eigenvalue weighted by Gasteiger charge is 2.21. The Morgan fingerprint density at radius 1 is 0.830 bits per heavy atom. The van der Waals surface area contributed by atoms with Crippen molar-refractivity contribution in [3.63, 3.8) is 0 Å². The van der Waals surface area contributed by atoms with Gasteiger partial charge in [0.25, 0.3) is 11.8 Å². The molecule has 4 aromatic rings. The molecular weight excluding hydrogens is 592 g/mol. The molecule has 0 fully saturated rings. The van der Waals surface area contributed by atoms with Crippen LogP contribution < -0.4 is 19.7 Å². The van der Waals surface area contributed by atoms with Crippen LogP contribution in [0.4, 0.5) is 11.4 Å². The Morgan fingerprint density at radius 2 is 1.60 bits per heavy atom. The first-order valence-corrected chi connectivity index (χ1v) is 16.1. The molecular formula is C39H44N2O6. The van der Waals surface area contributed by atoms with Crippen LogP contribution in [0.3, 0.4) is 0 Å². The SMILES string of the molecule is CCOC(=O)CCCCCOc1cc(CC)ccc1N(C)C(=O)c1ccc(NC(=O)c2ccccc2-c2ccc(C)cc2)c(OC)c1. The molecule has 0 aliphatic carbocycles. The van der Waals surface area contributed by atoms with E-state index in [4.69, 9.17) is 14.2 Å². The normalized spacial score (nSPS) is 10.7. The average molecular weight is 637 g/mol. The lowest BCUT2D eigenvalue weighted by molar-refractivity contribution is -0.143. The van der Waals surface area contributed by atoms with E-state index >= 15 is 0 Å². The number of methoxy groups -OCH3 is 1. The first kappa shape index (κ1) is 34.8. The minimum atomic E-state index is -0.283. The smallest absolute Gasteiger partial charge is 0.305 e. The van der Waals surface area contributed by atoms with Gasteiger partial charge in [-0.05, 0) is 92.6 Å². The third-order valence-corrected chi connectivity index (χ3v) is 7.92. The van der Waals surface area contributed by atoms with Gasteiger partial charge in [0.2, 0.25) is 0 Å². The third kappa shape index (κ3) is 9.22. The van der Waals surface area contributed by atoms with Crippen molar-refractivity contribution in [1.29, 1.82) is 0 Å². The van der Waals surface area contributed by atoms with E-state index in [0.29, 0.717) is 53.6 Å². The summed E-state index contributed by atoms with van der Waals surface area (Å²) < 4.78 is 16.8. The van der Waals surface area contributed by atoms with E-state index in [1.807, 2.05) is 67.6 Å². The van der Waals surface area contributed by atoms with E-state index < -0.39 is 0 Å². The van der Waals surface area contributed by atoms with Crippen LogP contribution in [-0.4, -0.2) is 45.2 Å². The van der Waals surface area contributed by atoms with Crippen LogP contribution in [-0.2, 0) is 16.0 Å². The molecule has 0 spiro atoms. The number of esters is 1. The van der Waals surface area contributed by atoms with E-state index in [0.717, 1.165) is 47.9 Å². The fraction of sp³-hybridized carbons (Fsp3) is 0.308. The zero-order valence-corrected chi connectivity index (χ0v) is 27.9. The van der Waals surface area contributed by atoms with Crippen molar-refractivity contribution in [3.05, 3.63) is 107 Å². The highest BCUT2D eigenvalue weighted by atomic mass is 16.5. The molecule has 0 saturated heterocycles. The number of rotatable bonds is 15. The average Bonchev–Trinajstić information content (AvgIpc) is 3.09. The van der Waals surface area contributed by atoms with Crippen LogP contribution in [0, 0.1) is 6.92 Å². The fourth-order valence-electron chi connectivity index (χ4n) is 5.22. The molecule has 0 heterocycles. The van der Waals surface area contributed by atoms with Crippen LogP contribution in [0.2, 0.25) is 0 Å². The number of aryl methyl sites for hydroxylation is 2. The molecule has 246 valence electrons. The largest absolute Gasteiger partial charge is 0.495 e. The number of benzene rings is 4. The number of carbonyl (C=O) groups excluding carboxylic acids is 3. The fourth-order valence-corrected chi connectivity index (χ4v) is 5.22. The Balaban J connectivity index is 1.47. The molecule has 1 N–H and O–H groups in total. The lowest BCUT2D eigenvalue weighted by Gasteiger charge is -2.22. The van der Waals surface area contributed by atoms with Gasteiger partial charge in [0.15, 0.2) is 0 Å². The second-order valence-electron chi connectivity index (χ2n) is 11.3. The van der Waals surface area contributed by atoms with Gasteiger partial charge in [0.05, 0.1) is 31.7 Å². The van der Waals surface area contributed by atoms with Gasteiger partial charge < -0.3 is 24.4 Å². The Kier molecular flexibility index (Phi) is 12.6. The first-order valence-electron chi connectivity index (χ1n) is 16.1. The van der Waals surface area contributed by atoms with E-state index in [2.05, 4.69) is 12.2 Å². The number of unbranched alkanes of at least 4 members (excludes halogenated alkanes) is 2. The molecule has 4 aromatic carbocycles. The van der Waals surface area contributed by atoms with Crippen molar-refractivity contribution >= 4 is 29.2 Å². The molecule has 8 heteroatoms. The lowest BCUT2D eigenvalue weighted by Crippen LogP contribution is -2.27. The summed E-state index contributed by atoms with van der Waals surface area (Å²) in [6.45, 7) is 6.74. The zero-order chi connectivity index (χ0) is 33.8. The van der Waals surface area contributed by atoms with Gasteiger partial charge in [-0.2, -0.15) is 0 Å². The summed E-state index contributed by atoms with van der Waals surface area (Å²) in [7, 11) is 3.21. The number of nitrogens with zero attached hydrogens (tertiary/aromatic N) is 1. The minimum Gasteiger partial charge on any atom is -0.495 e. The van der Waals surface area contributed by atoms with Crippen LogP contribution in [0.25, 0.3) is 11.1 Å². The number of ether oxygens (including phenoxy) is 3. The van der Waals surface area contributed by atoms with Crippen molar-refractivity contribution in [1.82, 2.24) is 0 Å². The van der Waals surface area contributed by atoms with Gasteiger partial charge >= 0.3 is 5.97 Å². The van der Waals surface area contributed by atoms with Crippen LogP contribution in [0.1, 0.15) is 71.4 Å². The summed E-state index contributed by atoms with van der Waals surface area (Å²) in [5.74, 6) is 0.269. The Bertz CT molecular complexity index is 1680. The molecule has 0 unspecified atom stereocenters. The van der Waals surface area contributed by atoms with Crippen molar-refractivity contribution in [2.75, 3.05) is 37.6 Å². The number of anilines is 2. The van der Waals surface area contributed by atoms with E-state index in [1.54, 1.807) is 43.1 Å². The highest BCUT2D eigenvalue weighted by Crippen LogP contribution is 2.33. The predicted octanol–water partition coefficient (Wildman–Crippen LogP) is 8.26. The molecule has 8 nitrogen and oxygen atoms in total. The number of nitrogens with one attached hydrogen (secondary N) is 1. The third-order valence-electron chi connectivity index (χ3n) is 7.92. The molecule has 2 amide bonds. The Hall–Kier alpha value is -5.11. The van der Waals surface area contributed by atoms with Crippen molar-refractivity contribution in [3.8, 4) is 22.6 Å². The molecule has 0 aliphatic heterocycles. The van der Waals surface area contributed by atoms with Gasteiger partial charge in [-0.15, -0.1) is 0 Å². The van der Waals surface area contributed by atoms with Gasteiger partial charge in [0.1, 0.15) is 11.5 Å². The summed E-state index contributed by atoms with van der Waals surface area (Å²) in [4.78, 5) is 40.3. The predicted molar refractivity (Wildman–Crippen MR) is 187 cm³/mol. The summed E-state index contributed by atoms with van der Waals surface area (Å²) in [6.07, 6.45) is 3.56. The Morgan fingerprint density at radius 3 is 2.32 bits per heavy atom. The Labute approximate surface area is 277 Å². The molecule has 0 aromatic heterocycles. The van der Waals surface area contributed by atoms with Crippen molar-refractivity contribution in [2.45, 2.75) is 52.9 Å². The molecule has 4 rings (SSSR count). The monoisotopic (exact) mass is 636 g/mol. The van der Waals surface area contributed by atoms with Crippen LogP contribution in [0.5, 0.6) is 11.5 Å². The van der Waals surface area contributed by atoms with E-state index in [-0.39, 0.29) is 17.8 Å². The summed E-state index contributed by atoms with van der Waals surface area (Å²) in [5, 5.41) is 2.96. The maximum Gasteiger partial charge on any atom is 0.305 e. The van der Waals surface area contributed by atoms with Crippen LogP contribution >= 0.6 is 0 Å². The van der Waals surface area contributed by atoms with Gasteiger partial charge in [0, 0.05) is 24.6 Å². The van der Waals surface area contributed by atoms with Gasteiger partial charge in [-0.3, -0.25) is 14.4 Å². The molecule has 0 saturated carbocycles. The van der Waals surface area contributed by atoms with Gasteiger partial charge in [-0.1, -0.05) is 61.0 Å². The zero-order valence-electron chi connectivity index (χ0n) is 27.9. The maximum atomic E-state index is 13.7. The number of hydrogen-bond donors (Lipinski definition) is 1. The summed E-state index contributed by atoms with van der Waals surface area (Å²) in [5.41, 5.74) is 6.02. The number of hydrogen-bond acceptors (Lipinski definition) is 6. The summed E-state index contributed by atoms with van der Waals surface area (Å²) >= 11 is 0. The second kappa shape index (κ2) is 17.0. The van der Waals surface area contributed by atoms with E-state index in [9.17, 15) is 14.4 Å². The molecule has 0 radical (unpaired) electrons. The molecule has 0 atom stereocenters. The minimum absolute atomic E-state index is 0.179. The number of carbonyl (C=O) groups is 3. The molecule has 47 heavy (non-hydrogen) atoms. The van der Waals surface area contributed by atoms with Crippen molar-refractivity contribution in [2.24, 2.45) is 0 Å². The van der Waals surface area contributed by atoms with E-state index in [1.165, 1.54) is 7.11 Å². The maximum absolute atomic E-state index is 13.7. The summed E-state index contributed by atoms with van der Waals surface area (Å²) in [6, 6.07) is 26.3.